The normalized spacial score (nSPS) is 10.4. The van der Waals surface area contributed by atoms with E-state index in [2.05, 4.69) is 10.3 Å². The number of aromatic nitrogens is 1. The van der Waals surface area contributed by atoms with Crippen LogP contribution in [-0.2, 0) is 11.2 Å². The van der Waals surface area contributed by atoms with Gasteiger partial charge in [0.25, 0.3) is 5.91 Å². The predicted octanol–water partition coefficient (Wildman–Crippen LogP) is 4.93. The minimum atomic E-state index is -0.458. The highest BCUT2D eigenvalue weighted by Gasteiger charge is 2.21. The number of carbonyl (C=O) groups excluding carboxylic acids is 2. The van der Waals surface area contributed by atoms with Gasteiger partial charge in [-0.1, -0.05) is 25.1 Å². The summed E-state index contributed by atoms with van der Waals surface area (Å²) in [6.07, 6.45) is 2.31. The highest BCUT2D eigenvalue weighted by Crippen LogP contribution is 2.31. The van der Waals surface area contributed by atoms with Gasteiger partial charge in [0.15, 0.2) is 0 Å². The number of aryl methyl sites for hydroxylation is 1. The van der Waals surface area contributed by atoms with Crippen molar-refractivity contribution >= 4 is 28.2 Å². The van der Waals surface area contributed by atoms with Crippen LogP contribution in [0.15, 0.2) is 54.7 Å². The number of esters is 1. The molecule has 1 amide bonds. The van der Waals surface area contributed by atoms with Crippen LogP contribution in [0.4, 0.5) is 5.00 Å². The van der Waals surface area contributed by atoms with E-state index in [4.69, 9.17) is 9.47 Å². The van der Waals surface area contributed by atoms with Crippen LogP contribution in [0.25, 0.3) is 0 Å². The molecule has 6 nitrogen and oxygen atoms in total. The minimum Gasteiger partial charge on any atom is -0.462 e. The first-order valence-electron chi connectivity index (χ1n) is 8.91. The maximum atomic E-state index is 12.9. The summed E-state index contributed by atoms with van der Waals surface area (Å²) in [5.74, 6) is -0.0993. The van der Waals surface area contributed by atoms with E-state index in [0.717, 1.165) is 11.3 Å². The summed E-state index contributed by atoms with van der Waals surface area (Å²) in [5, 5.41) is 3.26. The lowest BCUT2D eigenvalue weighted by atomic mass is 10.2. The van der Waals surface area contributed by atoms with E-state index in [-0.39, 0.29) is 18.1 Å². The van der Waals surface area contributed by atoms with Crippen molar-refractivity contribution in [3.05, 3.63) is 70.7 Å². The van der Waals surface area contributed by atoms with Crippen molar-refractivity contribution in [1.29, 1.82) is 0 Å². The van der Waals surface area contributed by atoms with Gasteiger partial charge < -0.3 is 14.8 Å². The Morgan fingerprint density at radius 2 is 1.86 bits per heavy atom. The standard InChI is InChI=1S/C21H20N2O4S/c1-3-15-13-17(21(25)26-4-2)20(28-15)23-18(24)16-11-8-12-22-19(16)27-14-9-6-5-7-10-14/h5-13H,3-4H2,1-2H3,(H,23,24). The fourth-order valence-corrected chi connectivity index (χ4v) is 3.46. The van der Waals surface area contributed by atoms with Crippen molar-refractivity contribution in [1.82, 2.24) is 4.98 Å². The molecule has 0 fully saturated rings. The van der Waals surface area contributed by atoms with E-state index in [1.165, 1.54) is 11.3 Å². The molecule has 3 aromatic rings. The molecule has 0 bridgehead atoms. The Labute approximate surface area is 167 Å². The summed E-state index contributed by atoms with van der Waals surface area (Å²) in [5.41, 5.74) is 0.624. The fourth-order valence-electron chi connectivity index (χ4n) is 2.49. The van der Waals surface area contributed by atoms with E-state index in [1.807, 2.05) is 25.1 Å². The summed E-state index contributed by atoms with van der Waals surface area (Å²) in [4.78, 5) is 30.2. The Morgan fingerprint density at radius 1 is 1.07 bits per heavy atom. The zero-order valence-electron chi connectivity index (χ0n) is 15.6. The Hall–Kier alpha value is -3.19. The van der Waals surface area contributed by atoms with Crippen LogP contribution in [0.1, 0.15) is 39.4 Å². The summed E-state index contributed by atoms with van der Waals surface area (Å²) in [6, 6.07) is 14.1. The van der Waals surface area contributed by atoms with Crippen molar-refractivity contribution in [2.75, 3.05) is 11.9 Å². The van der Waals surface area contributed by atoms with Crippen LogP contribution in [0, 0.1) is 0 Å². The van der Waals surface area contributed by atoms with E-state index in [0.29, 0.717) is 16.3 Å². The number of thiophene rings is 1. The number of anilines is 1. The number of hydrogen-bond acceptors (Lipinski definition) is 6. The third-order valence-corrected chi connectivity index (χ3v) is 5.02. The second-order valence-corrected chi connectivity index (χ2v) is 6.89. The van der Waals surface area contributed by atoms with E-state index in [9.17, 15) is 9.59 Å². The maximum absolute atomic E-state index is 12.9. The lowest BCUT2D eigenvalue weighted by Gasteiger charge is -2.10. The molecule has 0 atom stereocenters. The second-order valence-electron chi connectivity index (χ2n) is 5.75. The summed E-state index contributed by atoms with van der Waals surface area (Å²) >= 11 is 1.35. The first-order valence-corrected chi connectivity index (χ1v) is 9.73. The lowest BCUT2D eigenvalue weighted by Crippen LogP contribution is -2.15. The SMILES string of the molecule is CCOC(=O)c1cc(CC)sc1NC(=O)c1cccnc1Oc1ccccc1. The third-order valence-electron chi connectivity index (χ3n) is 3.83. The fraction of sp³-hybridized carbons (Fsp3) is 0.190. The van der Waals surface area contributed by atoms with E-state index < -0.39 is 11.9 Å². The average molecular weight is 396 g/mol. The first-order chi connectivity index (χ1) is 13.6. The van der Waals surface area contributed by atoms with Gasteiger partial charge in [-0.05, 0) is 43.7 Å². The van der Waals surface area contributed by atoms with Gasteiger partial charge in [0.1, 0.15) is 16.3 Å². The first kappa shape index (κ1) is 19.6. The quantitative estimate of drug-likeness (QED) is 0.573. The van der Waals surface area contributed by atoms with Crippen molar-refractivity contribution in [2.24, 2.45) is 0 Å². The molecule has 2 aromatic heterocycles. The van der Waals surface area contributed by atoms with E-state index >= 15 is 0 Å². The molecule has 0 aliphatic carbocycles. The highest BCUT2D eigenvalue weighted by molar-refractivity contribution is 7.16. The van der Waals surface area contributed by atoms with Crippen LogP contribution < -0.4 is 10.1 Å². The van der Waals surface area contributed by atoms with E-state index in [1.54, 1.807) is 43.5 Å². The Kier molecular flexibility index (Phi) is 6.39. The average Bonchev–Trinajstić information content (AvgIpc) is 3.12. The van der Waals surface area contributed by atoms with Gasteiger partial charge in [0.2, 0.25) is 5.88 Å². The van der Waals surface area contributed by atoms with Crippen molar-refractivity contribution in [2.45, 2.75) is 20.3 Å². The molecule has 1 N–H and O–H groups in total. The Morgan fingerprint density at radius 3 is 2.57 bits per heavy atom. The van der Waals surface area contributed by atoms with Gasteiger partial charge in [0, 0.05) is 11.1 Å². The van der Waals surface area contributed by atoms with Gasteiger partial charge in [-0.2, -0.15) is 0 Å². The van der Waals surface area contributed by atoms with Gasteiger partial charge in [-0.3, -0.25) is 4.79 Å². The molecule has 1 aromatic carbocycles. The molecule has 0 saturated carbocycles. The van der Waals surface area contributed by atoms with Gasteiger partial charge in [-0.25, -0.2) is 9.78 Å². The number of benzene rings is 1. The number of nitrogens with one attached hydrogen (secondary N) is 1. The zero-order chi connectivity index (χ0) is 19.9. The number of carbonyl (C=O) groups is 2. The van der Waals surface area contributed by atoms with Crippen LogP contribution in [-0.4, -0.2) is 23.5 Å². The van der Waals surface area contributed by atoms with Gasteiger partial charge >= 0.3 is 5.97 Å². The van der Waals surface area contributed by atoms with Crippen LogP contribution in [0.5, 0.6) is 11.6 Å². The molecule has 28 heavy (non-hydrogen) atoms. The molecule has 7 heteroatoms. The summed E-state index contributed by atoms with van der Waals surface area (Å²) in [7, 11) is 0. The Balaban J connectivity index is 1.86. The topological polar surface area (TPSA) is 77.5 Å². The number of hydrogen-bond donors (Lipinski definition) is 1. The molecule has 0 spiro atoms. The van der Waals surface area contributed by atoms with Crippen LogP contribution >= 0.6 is 11.3 Å². The lowest BCUT2D eigenvalue weighted by molar-refractivity contribution is 0.0528. The smallest absolute Gasteiger partial charge is 0.341 e. The molecule has 144 valence electrons. The number of ether oxygens (including phenoxy) is 2. The Bertz CT molecular complexity index is 970. The van der Waals surface area contributed by atoms with Crippen LogP contribution in [0.3, 0.4) is 0 Å². The molecular formula is C21H20N2O4S. The number of para-hydroxylation sites is 1. The molecule has 0 aliphatic heterocycles. The maximum Gasteiger partial charge on any atom is 0.341 e. The largest absolute Gasteiger partial charge is 0.462 e. The summed E-state index contributed by atoms with van der Waals surface area (Å²) < 4.78 is 10.8. The van der Waals surface area contributed by atoms with Crippen molar-refractivity contribution < 1.29 is 19.1 Å². The van der Waals surface area contributed by atoms with Crippen LogP contribution in [0.2, 0.25) is 0 Å². The number of pyridine rings is 1. The predicted molar refractivity (Wildman–Crippen MR) is 108 cm³/mol. The zero-order valence-corrected chi connectivity index (χ0v) is 16.4. The number of amides is 1. The molecule has 0 aliphatic rings. The molecule has 2 heterocycles. The highest BCUT2D eigenvalue weighted by atomic mass is 32.1. The summed E-state index contributed by atoms with van der Waals surface area (Å²) in [6.45, 7) is 3.99. The minimum absolute atomic E-state index is 0.191. The third kappa shape index (κ3) is 4.55. The molecular weight excluding hydrogens is 376 g/mol. The van der Waals surface area contributed by atoms with Crippen molar-refractivity contribution in [3.8, 4) is 11.6 Å². The second kappa shape index (κ2) is 9.14. The number of rotatable bonds is 7. The van der Waals surface area contributed by atoms with Gasteiger partial charge in [0.05, 0.1) is 12.2 Å². The monoisotopic (exact) mass is 396 g/mol. The number of nitrogens with zero attached hydrogens (tertiary/aromatic N) is 1. The van der Waals surface area contributed by atoms with Crippen molar-refractivity contribution in [3.63, 3.8) is 0 Å². The molecule has 0 unspecified atom stereocenters. The van der Waals surface area contributed by atoms with Gasteiger partial charge in [-0.15, -0.1) is 11.3 Å². The molecule has 0 saturated heterocycles. The molecule has 0 radical (unpaired) electrons. The molecule has 3 rings (SSSR count).